The largest absolute Gasteiger partial charge is 0.497 e. The molecule has 0 spiro atoms. The second-order valence-corrected chi connectivity index (χ2v) is 4.40. The van der Waals surface area contributed by atoms with Crippen LogP contribution >= 0.6 is 11.6 Å². The molecule has 19 heavy (non-hydrogen) atoms. The molecule has 4 nitrogen and oxygen atoms in total. The van der Waals surface area contributed by atoms with E-state index < -0.39 is 0 Å². The highest BCUT2D eigenvalue weighted by Gasteiger charge is 2.11. The Morgan fingerprint density at radius 2 is 2.00 bits per heavy atom. The molecule has 2 rings (SSSR count). The molecule has 0 aliphatic heterocycles. The Balaban J connectivity index is 2.15. The van der Waals surface area contributed by atoms with Gasteiger partial charge >= 0.3 is 0 Å². The van der Waals surface area contributed by atoms with Crippen molar-refractivity contribution >= 4 is 23.2 Å². The number of nitrogens with zero attached hydrogens (tertiary/aromatic N) is 1. The minimum Gasteiger partial charge on any atom is -0.497 e. The SMILES string of the molecule is COc1ccc(NC(=O)c2cnc(C)cc2Cl)cc1. The number of benzene rings is 1. The van der Waals surface area contributed by atoms with Gasteiger partial charge in [-0.3, -0.25) is 9.78 Å². The van der Waals surface area contributed by atoms with Gasteiger partial charge in [0, 0.05) is 17.6 Å². The van der Waals surface area contributed by atoms with E-state index in [4.69, 9.17) is 16.3 Å². The molecular weight excluding hydrogens is 264 g/mol. The number of hydrogen-bond donors (Lipinski definition) is 1. The molecule has 0 aliphatic carbocycles. The monoisotopic (exact) mass is 276 g/mol. The zero-order chi connectivity index (χ0) is 13.8. The van der Waals surface area contributed by atoms with Crippen molar-refractivity contribution in [2.45, 2.75) is 6.92 Å². The van der Waals surface area contributed by atoms with Crippen LogP contribution in [0.2, 0.25) is 5.02 Å². The molecule has 1 N–H and O–H groups in total. The number of pyridine rings is 1. The fraction of sp³-hybridized carbons (Fsp3) is 0.143. The molecule has 1 heterocycles. The third kappa shape index (κ3) is 3.23. The van der Waals surface area contributed by atoms with E-state index in [-0.39, 0.29) is 5.91 Å². The number of methoxy groups -OCH3 is 1. The first-order valence-corrected chi connectivity index (χ1v) is 6.05. The average Bonchev–Trinajstić information content (AvgIpc) is 2.39. The van der Waals surface area contributed by atoms with Gasteiger partial charge in [-0.1, -0.05) is 11.6 Å². The second kappa shape index (κ2) is 5.71. The number of ether oxygens (including phenoxy) is 1. The maximum absolute atomic E-state index is 12.0. The summed E-state index contributed by atoms with van der Waals surface area (Å²) in [6.45, 7) is 1.82. The normalized spacial score (nSPS) is 10.1. The fourth-order valence-electron chi connectivity index (χ4n) is 1.57. The number of aryl methyl sites for hydroxylation is 1. The predicted octanol–water partition coefficient (Wildman–Crippen LogP) is 3.30. The lowest BCUT2D eigenvalue weighted by atomic mass is 10.2. The summed E-state index contributed by atoms with van der Waals surface area (Å²) in [4.78, 5) is 16.1. The lowest BCUT2D eigenvalue weighted by molar-refractivity contribution is 0.102. The highest BCUT2D eigenvalue weighted by molar-refractivity contribution is 6.34. The van der Waals surface area contributed by atoms with Crippen LogP contribution < -0.4 is 10.1 Å². The minimum atomic E-state index is -0.289. The second-order valence-electron chi connectivity index (χ2n) is 3.99. The molecule has 0 saturated heterocycles. The lowest BCUT2D eigenvalue weighted by Gasteiger charge is -2.07. The summed E-state index contributed by atoms with van der Waals surface area (Å²) in [5.41, 5.74) is 1.79. The maximum Gasteiger partial charge on any atom is 0.258 e. The van der Waals surface area contributed by atoms with Crippen LogP contribution in [-0.2, 0) is 0 Å². The van der Waals surface area contributed by atoms with Gasteiger partial charge in [-0.2, -0.15) is 0 Å². The standard InChI is InChI=1S/C14H13ClN2O2/c1-9-7-13(15)12(8-16-9)14(18)17-10-3-5-11(19-2)6-4-10/h3-8H,1-2H3,(H,17,18). The zero-order valence-corrected chi connectivity index (χ0v) is 11.4. The van der Waals surface area contributed by atoms with Crippen LogP contribution in [0.3, 0.4) is 0 Å². The van der Waals surface area contributed by atoms with Crippen molar-refractivity contribution in [2.24, 2.45) is 0 Å². The summed E-state index contributed by atoms with van der Waals surface area (Å²) < 4.78 is 5.05. The smallest absolute Gasteiger partial charge is 0.258 e. The summed E-state index contributed by atoms with van der Waals surface area (Å²) in [6, 6.07) is 8.71. The van der Waals surface area contributed by atoms with Gasteiger partial charge in [0.15, 0.2) is 0 Å². The number of carbonyl (C=O) groups is 1. The summed E-state index contributed by atoms with van der Waals surface area (Å²) in [6.07, 6.45) is 1.47. The van der Waals surface area contributed by atoms with E-state index in [2.05, 4.69) is 10.3 Å². The number of rotatable bonds is 3. The Hall–Kier alpha value is -2.07. The number of aromatic nitrogens is 1. The van der Waals surface area contributed by atoms with E-state index in [0.29, 0.717) is 16.3 Å². The van der Waals surface area contributed by atoms with Gasteiger partial charge < -0.3 is 10.1 Å². The first-order chi connectivity index (χ1) is 9.10. The molecule has 98 valence electrons. The Kier molecular flexibility index (Phi) is 4.02. The topological polar surface area (TPSA) is 51.2 Å². The van der Waals surface area contributed by atoms with Crippen molar-refractivity contribution in [3.05, 3.63) is 52.8 Å². The zero-order valence-electron chi connectivity index (χ0n) is 10.6. The molecule has 0 radical (unpaired) electrons. The third-order valence-electron chi connectivity index (χ3n) is 2.58. The molecule has 1 aromatic heterocycles. The first-order valence-electron chi connectivity index (χ1n) is 5.67. The molecule has 1 aromatic carbocycles. The molecule has 0 saturated carbocycles. The Morgan fingerprint density at radius 1 is 1.32 bits per heavy atom. The first kappa shape index (κ1) is 13.4. The van der Waals surface area contributed by atoms with Gasteiger partial charge in [-0.05, 0) is 37.3 Å². The van der Waals surface area contributed by atoms with Crippen LogP contribution in [0.1, 0.15) is 16.1 Å². The highest BCUT2D eigenvalue weighted by Crippen LogP contribution is 2.19. The number of carbonyl (C=O) groups excluding carboxylic acids is 1. The number of amides is 1. The van der Waals surface area contributed by atoms with Crippen LogP contribution in [0.15, 0.2) is 36.5 Å². The lowest BCUT2D eigenvalue weighted by Crippen LogP contribution is -2.13. The van der Waals surface area contributed by atoms with Crippen LogP contribution in [0, 0.1) is 6.92 Å². The van der Waals surface area contributed by atoms with Crippen molar-refractivity contribution < 1.29 is 9.53 Å². The van der Waals surface area contributed by atoms with Gasteiger partial charge in [0.25, 0.3) is 5.91 Å². The van der Waals surface area contributed by atoms with E-state index in [1.807, 2.05) is 6.92 Å². The summed E-state index contributed by atoms with van der Waals surface area (Å²) in [5, 5.41) is 3.14. The molecule has 1 amide bonds. The molecule has 0 atom stereocenters. The van der Waals surface area contributed by atoms with Crippen LogP contribution in [-0.4, -0.2) is 18.0 Å². The molecule has 2 aromatic rings. The molecule has 0 aliphatic rings. The van der Waals surface area contributed by atoms with Crippen LogP contribution in [0.4, 0.5) is 5.69 Å². The third-order valence-corrected chi connectivity index (χ3v) is 2.90. The number of nitrogens with one attached hydrogen (secondary N) is 1. The highest BCUT2D eigenvalue weighted by atomic mass is 35.5. The summed E-state index contributed by atoms with van der Waals surface area (Å²) in [7, 11) is 1.59. The van der Waals surface area contributed by atoms with Gasteiger partial charge in [0.05, 0.1) is 17.7 Å². The Morgan fingerprint density at radius 3 is 2.58 bits per heavy atom. The van der Waals surface area contributed by atoms with Crippen LogP contribution in [0.25, 0.3) is 0 Å². The average molecular weight is 277 g/mol. The molecule has 0 unspecified atom stereocenters. The minimum absolute atomic E-state index is 0.289. The molecule has 0 bridgehead atoms. The molecular formula is C14H13ClN2O2. The van der Waals surface area contributed by atoms with E-state index >= 15 is 0 Å². The molecule has 5 heteroatoms. The maximum atomic E-state index is 12.0. The number of anilines is 1. The van der Waals surface area contributed by atoms with Crippen molar-refractivity contribution in [1.82, 2.24) is 4.98 Å². The van der Waals surface area contributed by atoms with E-state index in [1.165, 1.54) is 6.20 Å². The van der Waals surface area contributed by atoms with E-state index in [9.17, 15) is 4.79 Å². The van der Waals surface area contributed by atoms with Crippen molar-refractivity contribution in [2.75, 3.05) is 12.4 Å². The van der Waals surface area contributed by atoms with Gasteiger partial charge in [-0.25, -0.2) is 0 Å². The van der Waals surface area contributed by atoms with Crippen molar-refractivity contribution in [1.29, 1.82) is 0 Å². The molecule has 0 fully saturated rings. The van der Waals surface area contributed by atoms with Gasteiger partial charge in [0.2, 0.25) is 0 Å². The van der Waals surface area contributed by atoms with Crippen molar-refractivity contribution in [3.8, 4) is 5.75 Å². The summed E-state index contributed by atoms with van der Waals surface area (Å²) in [5.74, 6) is 0.440. The van der Waals surface area contributed by atoms with Gasteiger partial charge in [0.1, 0.15) is 5.75 Å². The van der Waals surface area contributed by atoms with Crippen molar-refractivity contribution in [3.63, 3.8) is 0 Å². The Bertz CT molecular complexity index is 597. The number of halogens is 1. The Labute approximate surface area is 116 Å². The van der Waals surface area contributed by atoms with E-state index in [1.54, 1.807) is 37.4 Å². The predicted molar refractivity (Wildman–Crippen MR) is 74.9 cm³/mol. The number of hydrogen-bond acceptors (Lipinski definition) is 3. The van der Waals surface area contributed by atoms with E-state index in [0.717, 1.165) is 11.4 Å². The fourth-order valence-corrected chi connectivity index (χ4v) is 1.86. The van der Waals surface area contributed by atoms with Crippen LogP contribution in [0.5, 0.6) is 5.75 Å². The quantitative estimate of drug-likeness (QED) is 0.936. The van der Waals surface area contributed by atoms with Gasteiger partial charge in [-0.15, -0.1) is 0 Å². The summed E-state index contributed by atoms with van der Waals surface area (Å²) >= 11 is 6.02.